The number of hydrogen-bond acceptors (Lipinski definition) is 4. The Morgan fingerprint density at radius 2 is 2.44 bits per heavy atom. The Morgan fingerprint density at radius 3 is 2.89 bits per heavy atom. The van der Waals surface area contributed by atoms with E-state index in [9.17, 15) is 0 Å². The van der Waals surface area contributed by atoms with Gasteiger partial charge in [-0.05, 0) is 15.9 Å². The van der Waals surface area contributed by atoms with Crippen molar-refractivity contribution in [2.75, 3.05) is 5.43 Å². The van der Waals surface area contributed by atoms with Gasteiger partial charge in [0.05, 0.1) is 4.47 Å². The minimum absolute atomic E-state index is 0.588. The van der Waals surface area contributed by atoms with Crippen molar-refractivity contribution in [3.8, 4) is 0 Å². The smallest absolute Gasteiger partial charge is 0.157 e. The molecule has 0 spiro atoms. The van der Waals surface area contributed by atoms with Crippen molar-refractivity contribution in [2.24, 2.45) is 5.84 Å². The van der Waals surface area contributed by atoms with Crippen LogP contribution in [0.4, 0.5) is 5.82 Å². The van der Waals surface area contributed by atoms with Crippen LogP contribution in [0.5, 0.6) is 0 Å². The van der Waals surface area contributed by atoms with Gasteiger partial charge >= 0.3 is 0 Å². The van der Waals surface area contributed by atoms with E-state index in [0.717, 1.165) is 4.47 Å². The summed E-state index contributed by atoms with van der Waals surface area (Å²) in [5, 5.41) is 0. The van der Waals surface area contributed by atoms with Crippen molar-refractivity contribution in [1.29, 1.82) is 0 Å². The second kappa shape index (κ2) is 2.75. The number of anilines is 1. The molecule has 5 heteroatoms. The summed E-state index contributed by atoms with van der Waals surface area (Å²) in [5.41, 5.74) is 2.40. The minimum atomic E-state index is 0.588. The maximum Gasteiger partial charge on any atom is 0.157 e. The number of aromatic nitrogens is 2. The Labute approximate surface area is 60.6 Å². The Bertz CT molecular complexity index is 202. The van der Waals surface area contributed by atoms with Crippen molar-refractivity contribution in [3.05, 3.63) is 17.0 Å². The number of rotatable bonds is 1. The van der Waals surface area contributed by atoms with Crippen LogP contribution in [-0.4, -0.2) is 9.97 Å². The molecule has 0 atom stereocenters. The molecule has 0 amide bonds. The molecule has 0 bridgehead atoms. The van der Waals surface area contributed by atoms with Gasteiger partial charge in [-0.15, -0.1) is 0 Å². The lowest BCUT2D eigenvalue weighted by molar-refractivity contribution is 1.12. The third-order valence-corrected chi connectivity index (χ3v) is 1.38. The van der Waals surface area contributed by atoms with Gasteiger partial charge in [-0.3, -0.25) is 0 Å². The molecular weight excluding hydrogens is 184 g/mol. The third kappa shape index (κ3) is 1.36. The maximum absolute atomic E-state index is 5.08. The number of nitrogens with two attached hydrogens (primary N) is 1. The second-order valence-corrected chi connectivity index (χ2v) is 2.22. The number of hydrazine groups is 1. The average molecular weight is 189 g/mol. The topological polar surface area (TPSA) is 63.8 Å². The van der Waals surface area contributed by atoms with E-state index < -0.39 is 0 Å². The quantitative estimate of drug-likeness (QED) is 0.499. The predicted octanol–water partition coefficient (Wildman–Crippen LogP) is 0.525. The van der Waals surface area contributed by atoms with E-state index in [-0.39, 0.29) is 0 Å². The fraction of sp³-hybridized carbons (Fsp3) is 0. The molecule has 9 heavy (non-hydrogen) atoms. The Kier molecular flexibility index (Phi) is 1.96. The number of nitrogens with one attached hydrogen (secondary N) is 1. The zero-order valence-corrected chi connectivity index (χ0v) is 6.09. The van der Waals surface area contributed by atoms with Crippen LogP contribution in [0, 0.1) is 0 Å². The van der Waals surface area contributed by atoms with E-state index in [4.69, 9.17) is 5.84 Å². The standard InChI is InChI=1S/C4H5BrN4/c5-3-1-7-2-8-4(3)9-6/h1-2H,6H2,(H,7,8,9). The van der Waals surface area contributed by atoms with Crippen LogP contribution >= 0.6 is 15.9 Å². The van der Waals surface area contributed by atoms with Crippen molar-refractivity contribution in [2.45, 2.75) is 0 Å². The normalized spacial score (nSPS) is 9.11. The summed E-state index contributed by atoms with van der Waals surface area (Å²) in [5.74, 6) is 5.67. The van der Waals surface area contributed by atoms with E-state index in [0.29, 0.717) is 5.82 Å². The van der Waals surface area contributed by atoms with Crippen molar-refractivity contribution >= 4 is 21.7 Å². The second-order valence-electron chi connectivity index (χ2n) is 1.36. The van der Waals surface area contributed by atoms with E-state index >= 15 is 0 Å². The molecule has 0 saturated carbocycles. The van der Waals surface area contributed by atoms with Gasteiger partial charge in [0.25, 0.3) is 0 Å². The van der Waals surface area contributed by atoms with Crippen LogP contribution in [0.15, 0.2) is 17.0 Å². The summed E-state index contributed by atoms with van der Waals surface area (Å²) < 4.78 is 0.757. The predicted molar refractivity (Wildman–Crippen MR) is 37.5 cm³/mol. The molecule has 0 aliphatic carbocycles. The zero-order valence-electron chi connectivity index (χ0n) is 4.50. The molecule has 0 radical (unpaired) electrons. The summed E-state index contributed by atoms with van der Waals surface area (Å²) in [4.78, 5) is 7.54. The summed E-state index contributed by atoms with van der Waals surface area (Å²) >= 11 is 3.19. The highest BCUT2D eigenvalue weighted by atomic mass is 79.9. The molecule has 4 nitrogen and oxygen atoms in total. The third-order valence-electron chi connectivity index (χ3n) is 0.804. The molecule has 1 aromatic heterocycles. The van der Waals surface area contributed by atoms with Crippen LogP contribution in [0.2, 0.25) is 0 Å². The summed E-state index contributed by atoms with van der Waals surface area (Å²) in [6.07, 6.45) is 3.03. The van der Waals surface area contributed by atoms with Gasteiger partial charge in [0.1, 0.15) is 6.33 Å². The highest BCUT2D eigenvalue weighted by Gasteiger charge is 1.94. The molecule has 1 heterocycles. The number of halogens is 1. The highest BCUT2D eigenvalue weighted by molar-refractivity contribution is 9.10. The van der Waals surface area contributed by atoms with Gasteiger partial charge in [0.2, 0.25) is 0 Å². The van der Waals surface area contributed by atoms with Gasteiger partial charge in [-0.1, -0.05) is 0 Å². The fourth-order valence-electron chi connectivity index (χ4n) is 0.419. The molecule has 0 fully saturated rings. The van der Waals surface area contributed by atoms with Crippen LogP contribution in [-0.2, 0) is 0 Å². The largest absolute Gasteiger partial charge is 0.307 e. The molecule has 0 aliphatic rings. The lowest BCUT2D eigenvalue weighted by Gasteiger charge is -1.97. The first-order valence-corrected chi connectivity index (χ1v) is 3.06. The first-order valence-electron chi connectivity index (χ1n) is 2.26. The summed E-state index contributed by atoms with van der Waals surface area (Å²) in [6.45, 7) is 0. The maximum atomic E-state index is 5.08. The van der Waals surface area contributed by atoms with Crippen molar-refractivity contribution in [1.82, 2.24) is 9.97 Å². The molecule has 3 N–H and O–H groups in total. The van der Waals surface area contributed by atoms with Crippen LogP contribution in [0.1, 0.15) is 0 Å². The van der Waals surface area contributed by atoms with E-state index in [1.807, 2.05) is 0 Å². The minimum Gasteiger partial charge on any atom is -0.307 e. The summed E-state index contributed by atoms with van der Waals surface area (Å²) in [6, 6.07) is 0. The van der Waals surface area contributed by atoms with Crippen molar-refractivity contribution in [3.63, 3.8) is 0 Å². The van der Waals surface area contributed by atoms with Crippen LogP contribution in [0.3, 0.4) is 0 Å². The van der Waals surface area contributed by atoms with Crippen LogP contribution in [0.25, 0.3) is 0 Å². The molecule has 0 aromatic carbocycles. The average Bonchev–Trinajstić information content (AvgIpc) is 1.89. The monoisotopic (exact) mass is 188 g/mol. The summed E-state index contributed by atoms with van der Waals surface area (Å²) in [7, 11) is 0. The first kappa shape index (κ1) is 6.44. The van der Waals surface area contributed by atoms with E-state index in [1.54, 1.807) is 6.20 Å². The van der Waals surface area contributed by atoms with Crippen molar-refractivity contribution < 1.29 is 0 Å². The number of nitrogens with zero attached hydrogens (tertiary/aromatic N) is 2. The van der Waals surface area contributed by atoms with E-state index in [1.165, 1.54) is 6.33 Å². The Balaban J connectivity index is 3.01. The molecule has 1 rings (SSSR count). The SMILES string of the molecule is NNc1ncncc1Br. The molecule has 48 valence electrons. The Morgan fingerprint density at radius 1 is 1.67 bits per heavy atom. The first-order chi connectivity index (χ1) is 4.34. The molecule has 0 aliphatic heterocycles. The van der Waals surface area contributed by atoms with E-state index in [2.05, 4.69) is 31.3 Å². The van der Waals surface area contributed by atoms with Gasteiger partial charge in [-0.25, -0.2) is 15.8 Å². The highest BCUT2D eigenvalue weighted by Crippen LogP contribution is 2.14. The van der Waals surface area contributed by atoms with Gasteiger partial charge < -0.3 is 5.43 Å². The van der Waals surface area contributed by atoms with Gasteiger partial charge in [0.15, 0.2) is 5.82 Å². The lowest BCUT2D eigenvalue weighted by Crippen LogP contribution is -2.08. The van der Waals surface area contributed by atoms with Crippen LogP contribution < -0.4 is 11.3 Å². The number of hydrogen-bond donors (Lipinski definition) is 2. The molecule has 0 unspecified atom stereocenters. The lowest BCUT2D eigenvalue weighted by atomic mass is 10.6. The number of nitrogen functional groups attached to an aromatic ring is 1. The molecule has 0 saturated heterocycles. The zero-order chi connectivity index (χ0) is 6.69. The fourth-order valence-corrected chi connectivity index (χ4v) is 0.754. The van der Waals surface area contributed by atoms with Gasteiger partial charge in [-0.2, -0.15) is 0 Å². The van der Waals surface area contributed by atoms with Gasteiger partial charge in [0, 0.05) is 6.20 Å². The Hall–Kier alpha value is -0.680. The molecular formula is C4H5BrN4. The molecule has 1 aromatic rings.